The summed E-state index contributed by atoms with van der Waals surface area (Å²) in [5, 5.41) is 4.30. The fourth-order valence-corrected chi connectivity index (χ4v) is 2.41. The fraction of sp³-hybridized carbons (Fsp3) is 0.923. The van der Waals surface area contributed by atoms with Crippen LogP contribution in [0, 0.1) is 11.8 Å². The smallest absolute Gasteiger partial charge is 0.169 e. The summed E-state index contributed by atoms with van der Waals surface area (Å²) in [6, 6.07) is 0.299. The Morgan fingerprint density at radius 1 is 1.29 bits per heavy atom. The van der Waals surface area contributed by atoms with Crippen molar-refractivity contribution in [3.8, 4) is 0 Å². The largest absolute Gasteiger partial charge is 0.383 e. The van der Waals surface area contributed by atoms with Gasteiger partial charge >= 0.3 is 0 Å². The van der Waals surface area contributed by atoms with Crippen molar-refractivity contribution in [2.24, 2.45) is 11.8 Å². The number of hydrogen-bond donors (Lipinski definition) is 1. The van der Waals surface area contributed by atoms with Gasteiger partial charge < -0.3 is 15.0 Å². The predicted octanol–water partition coefficient (Wildman–Crippen LogP) is 2.02. The van der Waals surface area contributed by atoms with Crippen LogP contribution >= 0.6 is 12.2 Å². The van der Waals surface area contributed by atoms with Crippen LogP contribution in [0.4, 0.5) is 0 Å². The molecule has 0 spiro atoms. The first kappa shape index (κ1) is 13.1. The average Bonchev–Trinajstić information content (AvgIpc) is 3.11. The second-order valence-electron chi connectivity index (χ2n) is 5.60. The zero-order valence-corrected chi connectivity index (χ0v) is 11.8. The summed E-state index contributed by atoms with van der Waals surface area (Å²) in [7, 11) is 1.73. The van der Waals surface area contributed by atoms with Crippen LogP contribution < -0.4 is 5.32 Å². The normalized spacial score (nSPS) is 21.1. The molecule has 0 radical (unpaired) electrons. The van der Waals surface area contributed by atoms with Crippen LogP contribution in [-0.2, 0) is 4.74 Å². The highest BCUT2D eigenvalue weighted by atomic mass is 32.1. The van der Waals surface area contributed by atoms with E-state index >= 15 is 0 Å². The fourth-order valence-electron chi connectivity index (χ4n) is 2.06. The van der Waals surface area contributed by atoms with E-state index in [1.807, 2.05) is 0 Å². The van der Waals surface area contributed by atoms with E-state index in [0.29, 0.717) is 12.6 Å². The van der Waals surface area contributed by atoms with Gasteiger partial charge in [0, 0.05) is 26.2 Å². The van der Waals surface area contributed by atoms with Gasteiger partial charge in [0.05, 0.1) is 6.61 Å². The monoisotopic (exact) mass is 256 g/mol. The van der Waals surface area contributed by atoms with Crippen molar-refractivity contribution >= 4 is 17.3 Å². The summed E-state index contributed by atoms with van der Waals surface area (Å²) in [5.41, 5.74) is 0. The highest BCUT2D eigenvalue weighted by Crippen LogP contribution is 2.33. The topological polar surface area (TPSA) is 24.5 Å². The average molecular weight is 256 g/mol. The zero-order chi connectivity index (χ0) is 12.3. The molecule has 1 unspecified atom stereocenters. The maximum absolute atomic E-state index is 5.52. The van der Waals surface area contributed by atoms with Gasteiger partial charge in [-0.25, -0.2) is 0 Å². The Hall–Kier alpha value is -0.350. The number of rotatable bonds is 7. The van der Waals surface area contributed by atoms with Crippen LogP contribution in [0.5, 0.6) is 0 Å². The minimum atomic E-state index is 0.299. The molecule has 4 heteroatoms. The Morgan fingerprint density at radius 3 is 2.24 bits per heavy atom. The van der Waals surface area contributed by atoms with E-state index in [9.17, 15) is 0 Å². The maximum Gasteiger partial charge on any atom is 0.169 e. The third-order valence-corrected chi connectivity index (χ3v) is 3.80. The molecule has 0 aromatic heterocycles. The molecule has 3 nitrogen and oxygen atoms in total. The molecule has 0 saturated heterocycles. The van der Waals surface area contributed by atoms with E-state index < -0.39 is 0 Å². The summed E-state index contributed by atoms with van der Waals surface area (Å²) in [6.07, 6.45) is 5.55. The van der Waals surface area contributed by atoms with Gasteiger partial charge in [0.2, 0.25) is 0 Å². The van der Waals surface area contributed by atoms with Gasteiger partial charge in [-0.05, 0) is 56.7 Å². The van der Waals surface area contributed by atoms with Crippen molar-refractivity contribution < 1.29 is 4.74 Å². The van der Waals surface area contributed by atoms with Crippen LogP contribution in [0.25, 0.3) is 0 Å². The molecule has 0 heterocycles. The van der Waals surface area contributed by atoms with Crippen molar-refractivity contribution in [3.63, 3.8) is 0 Å². The molecule has 0 bridgehead atoms. The van der Waals surface area contributed by atoms with Gasteiger partial charge in [0.25, 0.3) is 0 Å². The third-order valence-electron chi connectivity index (χ3n) is 3.42. The lowest BCUT2D eigenvalue weighted by atomic mass is 10.3. The SMILES string of the molecule is COCC(C)NC(=S)N(CC1CC1)CC1CC1. The van der Waals surface area contributed by atoms with Gasteiger partial charge in [-0.1, -0.05) is 0 Å². The van der Waals surface area contributed by atoms with Crippen molar-refractivity contribution in [1.29, 1.82) is 0 Å². The standard InChI is InChI=1S/C13H24N2OS/c1-10(9-16-2)14-13(17)15(7-11-3-4-11)8-12-5-6-12/h10-12H,3-9H2,1-2H3,(H,14,17). The van der Waals surface area contributed by atoms with Crippen LogP contribution in [-0.4, -0.2) is 42.9 Å². The molecule has 0 aliphatic heterocycles. The number of nitrogens with one attached hydrogen (secondary N) is 1. The molecule has 2 aliphatic carbocycles. The van der Waals surface area contributed by atoms with Gasteiger partial charge in [-0.3, -0.25) is 0 Å². The maximum atomic E-state index is 5.52. The Balaban J connectivity index is 1.77. The predicted molar refractivity (Wildman–Crippen MR) is 74.1 cm³/mol. The molecular weight excluding hydrogens is 232 g/mol. The number of thiocarbonyl (C=S) groups is 1. The Labute approximate surface area is 110 Å². The molecule has 2 rings (SSSR count). The Morgan fingerprint density at radius 2 is 1.82 bits per heavy atom. The van der Waals surface area contributed by atoms with E-state index in [1.165, 1.54) is 25.7 Å². The summed E-state index contributed by atoms with van der Waals surface area (Å²) in [4.78, 5) is 2.39. The minimum absolute atomic E-state index is 0.299. The first-order valence-electron chi connectivity index (χ1n) is 6.73. The summed E-state index contributed by atoms with van der Waals surface area (Å²) in [6.45, 7) is 5.13. The van der Waals surface area contributed by atoms with Gasteiger partial charge in [0.1, 0.15) is 0 Å². The summed E-state index contributed by atoms with van der Waals surface area (Å²) >= 11 is 5.52. The van der Waals surface area contributed by atoms with E-state index in [-0.39, 0.29) is 0 Å². The van der Waals surface area contributed by atoms with E-state index in [0.717, 1.165) is 30.0 Å². The van der Waals surface area contributed by atoms with Crippen LogP contribution in [0.2, 0.25) is 0 Å². The molecule has 1 N–H and O–H groups in total. The molecule has 2 fully saturated rings. The highest BCUT2D eigenvalue weighted by Gasteiger charge is 2.30. The van der Waals surface area contributed by atoms with Crippen molar-refractivity contribution in [2.75, 3.05) is 26.8 Å². The molecule has 2 saturated carbocycles. The lowest BCUT2D eigenvalue weighted by Gasteiger charge is -2.28. The summed E-state index contributed by atoms with van der Waals surface area (Å²) in [5.74, 6) is 1.79. The molecule has 2 aliphatic rings. The van der Waals surface area contributed by atoms with Crippen LogP contribution in [0.15, 0.2) is 0 Å². The van der Waals surface area contributed by atoms with E-state index in [4.69, 9.17) is 17.0 Å². The van der Waals surface area contributed by atoms with E-state index in [1.54, 1.807) is 7.11 Å². The second-order valence-corrected chi connectivity index (χ2v) is 5.98. The van der Waals surface area contributed by atoms with Gasteiger partial charge in [-0.15, -0.1) is 0 Å². The van der Waals surface area contributed by atoms with Gasteiger partial charge in [0.15, 0.2) is 5.11 Å². The molecule has 17 heavy (non-hydrogen) atoms. The lowest BCUT2D eigenvalue weighted by molar-refractivity contribution is 0.177. The molecule has 98 valence electrons. The van der Waals surface area contributed by atoms with Crippen LogP contribution in [0.1, 0.15) is 32.6 Å². The number of methoxy groups -OCH3 is 1. The quantitative estimate of drug-likeness (QED) is 0.704. The summed E-state index contributed by atoms with van der Waals surface area (Å²) < 4.78 is 5.13. The molecule has 0 aromatic carbocycles. The molecule has 0 amide bonds. The lowest BCUT2D eigenvalue weighted by Crippen LogP contribution is -2.46. The third kappa shape index (κ3) is 4.80. The Kier molecular flexibility index (Phi) is 4.62. The first-order chi connectivity index (χ1) is 8.19. The Bertz CT molecular complexity index is 250. The molecule has 0 aromatic rings. The number of nitrogens with zero attached hydrogens (tertiary/aromatic N) is 1. The van der Waals surface area contributed by atoms with Gasteiger partial charge in [-0.2, -0.15) is 0 Å². The van der Waals surface area contributed by atoms with E-state index in [2.05, 4.69) is 17.1 Å². The zero-order valence-electron chi connectivity index (χ0n) is 10.9. The number of hydrogen-bond acceptors (Lipinski definition) is 2. The number of ether oxygens (including phenoxy) is 1. The van der Waals surface area contributed by atoms with Crippen LogP contribution in [0.3, 0.4) is 0 Å². The minimum Gasteiger partial charge on any atom is -0.383 e. The highest BCUT2D eigenvalue weighted by molar-refractivity contribution is 7.80. The second kappa shape index (κ2) is 6.01. The molecular formula is C13H24N2OS. The van der Waals surface area contributed by atoms with Crippen molar-refractivity contribution in [1.82, 2.24) is 10.2 Å². The molecule has 1 atom stereocenters. The first-order valence-corrected chi connectivity index (χ1v) is 7.14. The van der Waals surface area contributed by atoms with Crippen molar-refractivity contribution in [2.45, 2.75) is 38.6 Å². The van der Waals surface area contributed by atoms with Crippen molar-refractivity contribution in [3.05, 3.63) is 0 Å².